The van der Waals surface area contributed by atoms with Gasteiger partial charge < -0.3 is 15.0 Å². The molecule has 0 bridgehead atoms. The predicted molar refractivity (Wildman–Crippen MR) is 110 cm³/mol. The van der Waals surface area contributed by atoms with Crippen LogP contribution in [0.1, 0.15) is 31.7 Å². The second-order valence-electron chi connectivity index (χ2n) is 6.78. The van der Waals surface area contributed by atoms with Crippen molar-refractivity contribution in [1.29, 1.82) is 0 Å². The highest BCUT2D eigenvalue weighted by atomic mass is 32.2. The van der Waals surface area contributed by atoms with Gasteiger partial charge in [-0.2, -0.15) is 0 Å². The molecule has 2 rings (SSSR count). The summed E-state index contributed by atoms with van der Waals surface area (Å²) in [5.41, 5.74) is 1.12. The minimum absolute atomic E-state index is 0.587. The molecule has 1 atom stereocenters. The van der Waals surface area contributed by atoms with Crippen molar-refractivity contribution < 1.29 is 8.95 Å². The van der Waals surface area contributed by atoms with Gasteiger partial charge in [-0.1, -0.05) is 30.3 Å². The molecular weight excluding hydrogens is 346 g/mol. The maximum atomic E-state index is 12.2. The quantitative estimate of drug-likeness (QED) is 0.529. The van der Waals surface area contributed by atoms with Crippen molar-refractivity contribution in [3.8, 4) is 0 Å². The summed E-state index contributed by atoms with van der Waals surface area (Å²) >= 11 is 0. The number of benzene rings is 1. The van der Waals surface area contributed by atoms with Gasteiger partial charge in [-0.15, -0.1) is 0 Å². The van der Waals surface area contributed by atoms with Crippen LogP contribution in [0.4, 0.5) is 0 Å². The molecule has 1 unspecified atom stereocenters. The van der Waals surface area contributed by atoms with Crippen molar-refractivity contribution in [3.63, 3.8) is 0 Å². The molecule has 0 aliphatic carbocycles. The molecule has 1 N–H and O–H groups in total. The SMILES string of the molecule is CCNC(=NCCS(=O)Cc1ccccc1)N(C)CCC1CCOCC1. The van der Waals surface area contributed by atoms with Crippen molar-refractivity contribution in [2.75, 3.05) is 45.6 Å². The van der Waals surface area contributed by atoms with Gasteiger partial charge >= 0.3 is 0 Å². The largest absolute Gasteiger partial charge is 0.381 e. The maximum Gasteiger partial charge on any atom is 0.193 e. The molecule has 5 nitrogen and oxygen atoms in total. The van der Waals surface area contributed by atoms with Gasteiger partial charge in [0, 0.05) is 55.7 Å². The van der Waals surface area contributed by atoms with Crippen molar-refractivity contribution >= 4 is 16.8 Å². The first-order chi connectivity index (χ1) is 12.7. The van der Waals surface area contributed by atoms with Crippen molar-refractivity contribution in [1.82, 2.24) is 10.2 Å². The van der Waals surface area contributed by atoms with Crippen LogP contribution in [-0.4, -0.2) is 60.7 Å². The first-order valence-corrected chi connectivity index (χ1v) is 11.1. The molecule has 1 saturated heterocycles. The fourth-order valence-electron chi connectivity index (χ4n) is 3.07. The van der Waals surface area contributed by atoms with Crippen LogP contribution in [0, 0.1) is 5.92 Å². The van der Waals surface area contributed by atoms with E-state index in [2.05, 4.69) is 29.2 Å². The highest BCUT2D eigenvalue weighted by Crippen LogP contribution is 2.18. The molecule has 1 aromatic rings. The fourth-order valence-corrected chi connectivity index (χ4v) is 4.08. The van der Waals surface area contributed by atoms with E-state index in [-0.39, 0.29) is 0 Å². The number of hydrogen-bond donors (Lipinski definition) is 1. The van der Waals surface area contributed by atoms with Gasteiger partial charge in [0.2, 0.25) is 0 Å². The molecular formula is C20H33N3O2S. The molecule has 26 heavy (non-hydrogen) atoms. The lowest BCUT2D eigenvalue weighted by atomic mass is 9.96. The van der Waals surface area contributed by atoms with Gasteiger partial charge in [0.25, 0.3) is 0 Å². The molecule has 1 aliphatic heterocycles. The van der Waals surface area contributed by atoms with E-state index >= 15 is 0 Å². The third-order valence-corrected chi connectivity index (χ3v) is 5.95. The number of aliphatic imine (C=N–C) groups is 1. The number of rotatable bonds is 9. The summed E-state index contributed by atoms with van der Waals surface area (Å²) in [4.78, 5) is 6.87. The zero-order valence-electron chi connectivity index (χ0n) is 16.2. The van der Waals surface area contributed by atoms with E-state index in [1.165, 1.54) is 19.3 Å². The van der Waals surface area contributed by atoms with Gasteiger partial charge in [0.1, 0.15) is 0 Å². The molecule has 1 fully saturated rings. The maximum absolute atomic E-state index is 12.2. The first-order valence-electron chi connectivity index (χ1n) is 9.65. The van der Waals surface area contributed by atoms with E-state index in [1.807, 2.05) is 30.3 Å². The zero-order valence-corrected chi connectivity index (χ0v) is 17.0. The number of ether oxygens (including phenoxy) is 1. The minimum atomic E-state index is -0.879. The summed E-state index contributed by atoms with van der Waals surface area (Å²) in [6.07, 6.45) is 3.50. The molecule has 1 aliphatic rings. The van der Waals surface area contributed by atoms with Gasteiger partial charge in [0.05, 0.1) is 6.54 Å². The van der Waals surface area contributed by atoms with E-state index in [1.54, 1.807) is 0 Å². The molecule has 1 heterocycles. The molecule has 0 saturated carbocycles. The summed E-state index contributed by atoms with van der Waals surface area (Å²) in [6, 6.07) is 10.0. The van der Waals surface area contributed by atoms with Crippen molar-refractivity contribution in [2.45, 2.75) is 31.9 Å². The Morgan fingerprint density at radius 2 is 2.04 bits per heavy atom. The molecule has 1 aromatic carbocycles. The zero-order chi connectivity index (χ0) is 18.6. The van der Waals surface area contributed by atoms with E-state index in [0.717, 1.165) is 43.7 Å². The van der Waals surface area contributed by atoms with Crippen LogP contribution >= 0.6 is 0 Å². The standard InChI is InChI=1S/C20H33N3O2S/c1-3-21-20(23(2)13-9-18-10-14-25-15-11-18)22-12-16-26(24)17-19-7-5-4-6-8-19/h4-8,18H,3,9-17H2,1-2H3,(H,21,22). The van der Waals surface area contributed by atoms with Crippen LogP contribution in [-0.2, 0) is 21.3 Å². The van der Waals surface area contributed by atoms with Crippen LogP contribution in [0.2, 0.25) is 0 Å². The fraction of sp³-hybridized carbons (Fsp3) is 0.650. The summed E-state index contributed by atoms with van der Waals surface area (Å²) in [5.74, 6) is 2.87. The monoisotopic (exact) mass is 379 g/mol. The van der Waals surface area contributed by atoms with Gasteiger partial charge in [-0.05, 0) is 37.7 Å². The van der Waals surface area contributed by atoms with Crippen LogP contribution in [0.5, 0.6) is 0 Å². The summed E-state index contributed by atoms with van der Waals surface area (Å²) < 4.78 is 17.7. The number of nitrogens with one attached hydrogen (secondary N) is 1. The average molecular weight is 380 g/mol. The van der Waals surface area contributed by atoms with Crippen LogP contribution in [0.3, 0.4) is 0 Å². The Hall–Kier alpha value is -1.40. The molecule has 0 radical (unpaired) electrons. The second kappa shape index (κ2) is 12.1. The Morgan fingerprint density at radius 3 is 2.73 bits per heavy atom. The van der Waals surface area contributed by atoms with E-state index in [9.17, 15) is 4.21 Å². The van der Waals surface area contributed by atoms with E-state index in [0.29, 0.717) is 18.1 Å². The van der Waals surface area contributed by atoms with Gasteiger partial charge in [-0.25, -0.2) is 0 Å². The molecule has 0 spiro atoms. The Kier molecular flexibility index (Phi) is 9.71. The van der Waals surface area contributed by atoms with Gasteiger partial charge in [-0.3, -0.25) is 9.20 Å². The lowest BCUT2D eigenvalue weighted by Crippen LogP contribution is -2.40. The lowest BCUT2D eigenvalue weighted by molar-refractivity contribution is 0.0625. The Bertz CT molecular complexity index is 559. The molecule has 146 valence electrons. The minimum Gasteiger partial charge on any atom is -0.381 e. The van der Waals surface area contributed by atoms with Gasteiger partial charge in [0.15, 0.2) is 5.96 Å². The number of nitrogens with zero attached hydrogens (tertiary/aromatic N) is 2. The van der Waals surface area contributed by atoms with Crippen molar-refractivity contribution in [3.05, 3.63) is 35.9 Å². The topological polar surface area (TPSA) is 53.9 Å². The summed E-state index contributed by atoms with van der Waals surface area (Å²) in [6.45, 7) is 6.29. The highest BCUT2D eigenvalue weighted by Gasteiger charge is 2.15. The van der Waals surface area contributed by atoms with Crippen molar-refractivity contribution in [2.24, 2.45) is 10.9 Å². The molecule has 6 heteroatoms. The second-order valence-corrected chi connectivity index (χ2v) is 8.35. The normalized spacial score (nSPS) is 17.1. The average Bonchev–Trinajstić information content (AvgIpc) is 2.67. The Balaban J connectivity index is 1.76. The predicted octanol–water partition coefficient (Wildman–Crippen LogP) is 2.65. The molecule has 0 aromatic heterocycles. The summed E-state index contributed by atoms with van der Waals surface area (Å²) in [7, 11) is 1.21. The first kappa shape index (κ1) is 20.9. The number of guanidine groups is 1. The third kappa shape index (κ3) is 7.87. The Morgan fingerprint density at radius 1 is 1.31 bits per heavy atom. The highest BCUT2D eigenvalue weighted by molar-refractivity contribution is 7.84. The van der Waals surface area contributed by atoms with Crippen LogP contribution < -0.4 is 5.32 Å². The molecule has 0 amide bonds. The number of hydrogen-bond acceptors (Lipinski definition) is 3. The van der Waals surface area contributed by atoms with Crippen LogP contribution in [0.25, 0.3) is 0 Å². The third-order valence-electron chi connectivity index (χ3n) is 4.66. The summed E-state index contributed by atoms with van der Waals surface area (Å²) in [5, 5.41) is 3.35. The Labute approximate surface area is 160 Å². The van der Waals surface area contributed by atoms with E-state index < -0.39 is 10.8 Å². The van der Waals surface area contributed by atoms with E-state index in [4.69, 9.17) is 4.74 Å². The lowest BCUT2D eigenvalue weighted by Gasteiger charge is -2.26. The smallest absolute Gasteiger partial charge is 0.193 e. The van der Waals surface area contributed by atoms with Crippen LogP contribution in [0.15, 0.2) is 35.3 Å².